The van der Waals surface area contributed by atoms with E-state index in [0.717, 1.165) is 11.3 Å². The Morgan fingerprint density at radius 3 is 2.50 bits per heavy atom. The molecule has 2 rings (SSSR count). The number of nitrogens with zero attached hydrogens (tertiary/aromatic N) is 2. The van der Waals surface area contributed by atoms with E-state index in [-0.39, 0.29) is 0 Å². The molecule has 0 saturated carbocycles. The molecule has 0 spiro atoms. The zero-order valence-corrected chi connectivity index (χ0v) is 13.5. The van der Waals surface area contributed by atoms with E-state index in [9.17, 15) is 0 Å². The van der Waals surface area contributed by atoms with Crippen molar-refractivity contribution < 1.29 is 4.74 Å². The molecule has 2 aromatic carbocycles. The normalized spacial score (nSPS) is 10.5. The topological polar surface area (TPSA) is 36.9 Å². The predicted octanol–water partition coefficient (Wildman–Crippen LogP) is 3.04. The summed E-state index contributed by atoms with van der Waals surface area (Å²) in [7, 11) is 3.47. The lowest BCUT2D eigenvalue weighted by atomic mass is 10.2. The first kappa shape index (κ1) is 16.0. The van der Waals surface area contributed by atoms with Gasteiger partial charge in [-0.25, -0.2) is 5.01 Å². The summed E-state index contributed by atoms with van der Waals surface area (Å²) in [6.45, 7) is 0.683. The smallest absolute Gasteiger partial charge is 0.189 e. The highest BCUT2D eigenvalue weighted by Crippen LogP contribution is 2.09. The molecule has 0 unspecified atom stereocenters. The summed E-state index contributed by atoms with van der Waals surface area (Å²) in [5.41, 5.74) is 2.16. The van der Waals surface area contributed by atoms with Crippen LogP contribution in [0.2, 0.25) is 0 Å². The first-order valence-corrected chi connectivity index (χ1v) is 7.33. The molecule has 0 heterocycles. The Morgan fingerprint density at radius 1 is 1.18 bits per heavy atom. The lowest BCUT2D eigenvalue weighted by Gasteiger charge is -2.15. The van der Waals surface area contributed by atoms with Crippen molar-refractivity contribution in [1.29, 1.82) is 0 Å². The average molecular weight is 313 g/mol. The quantitative estimate of drug-likeness (QED) is 0.523. The number of hydrogen-bond acceptors (Lipinski definition) is 3. The maximum atomic E-state index is 5.31. The second-order valence-electron chi connectivity index (χ2n) is 4.69. The molecule has 4 nitrogen and oxygen atoms in total. The molecule has 22 heavy (non-hydrogen) atoms. The number of hydrazone groups is 1. The zero-order chi connectivity index (χ0) is 15.8. The Morgan fingerprint density at radius 2 is 1.86 bits per heavy atom. The number of benzene rings is 2. The molecule has 0 saturated heterocycles. The second kappa shape index (κ2) is 8.14. The maximum Gasteiger partial charge on any atom is 0.189 e. The fraction of sp³-hybridized carbons (Fsp3) is 0.176. The molecular formula is C17H19N3OS. The van der Waals surface area contributed by atoms with Gasteiger partial charge in [-0.2, -0.15) is 5.10 Å². The highest BCUT2D eigenvalue weighted by Gasteiger charge is 2.01. The average Bonchev–Trinajstić information content (AvgIpc) is 2.58. The Kier molecular flexibility index (Phi) is 5.91. The fourth-order valence-corrected chi connectivity index (χ4v) is 1.90. The van der Waals surface area contributed by atoms with Crippen molar-refractivity contribution in [2.45, 2.75) is 6.54 Å². The number of nitrogens with one attached hydrogen (secondary N) is 1. The zero-order valence-electron chi connectivity index (χ0n) is 12.7. The van der Waals surface area contributed by atoms with Crippen molar-refractivity contribution in [1.82, 2.24) is 10.3 Å². The largest absolute Gasteiger partial charge is 0.497 e. The lowest BCUT2D eigenvalue weighted by Crippen LogP contribution is -2.33. The standard InChI is InChI=1S/C17H19N3OS/c1-20(17(22)18-12-14-6-4-3-5-7-14)19-13-15-8-10-16(21-2)11-9-15/h3-11,13H,12H2,1-2H3,(H,18,22)/b19-13-. The van der Waals surface area contributed by atoms with E-state index in [0.29, 0.717) is 11.7 Å². The Labute approximate surface area is 136 Å². The summed E-state index contributed by atoms with van der Waals surface area (Å²) >= 11 is 5.31. The van der Waals surface area contributed by atoms with Crippen LogP contribution in [-0.2, 0) is 6.54 Å². The molecular weight excluding hydrogens is 294 g/mol. The van der Waals surface area contributed by atoms with Gasteiger partial charge in [0.25, 0.3) is 0 Å². The van der Waals surface area contributed by atoms with Crippen LogP contribution in [-0.4, -0.2) is 30.5 Å². The summed E-state index contributed by atoms with van der Waals surface area (Å²) in [5.74, 6) is 0.825. The molecule has 2 aromatic rings. The van der Waals surface area contributed by atoms with E-state index in [2.05, 4.69) is 22.6 Å². The highest BCUT2D eigenvalue weighted by atomic mass is 32.1. The number of methoxy groups -OCH3 is 1. The van der Waals surface area contributed by atoms with Crippen LogP contribution in [0.3, 0.4) is 0 Å². The number of hydrogen-bond donors (Lipinski definition) is 1. The van der Waals surface area contributed by atoms with E-state index in [1.165, 1.54) is 5.56 Å². The third kappa shape index (κ3) is 4.86. The van der Waals surface area contributed by atoms with Gasteiger partial charge in [-0.3, -0.25) is 0 Å². The molecule has 0 aliphatic heterocycles. The number of rotatable bonds is 5. The molecule has 5 heteroatoms. The third-order valence-electron chi connectivity index (χ3n) is 3.08. The SMILES string of the molecule is COc1ccc(/C=N\N(C)C(=S)NCc2ccccc2)cc1. The van der Waals surface area contributed by atoms with Gasteiger partial charge >= 0.3 is 0 Å². The van der Waals surface area contributed by atoms with E-state index in [4.69, 9.17) is 17.0 Å². The Hall–Kier alpha value is -2.40. The van der Waals surface area contributed by atoms with E-state index in [1.54, 1.807) is 18.3 Å². The predicted molar refractivity (Wildman–Crippen MR) is 94.2 cm³/mol. The summed E-state index contributed by atoms with van der Waals surface area (Å²) in [6.07, 6.45) is 1.76. The molecule has 0 aromatic heterocycles. The Bertz CT molecular complexity index is 626. The van der Waals surface area contributed by atoms with E-state index >= 15 is 0 Å². The summed E-state index contributed by atoms with van der Waals surface area (Å²) in [5, 5.41) is 9.72. The maximum absolute atomic E-state index is 5.31. The second-order valence-corrected chi connectivity index (χ2v) is 5.07. The van der Waals surface area contributed by atoms with Gasteiger partial charge in [0.2, 0.25) is 0 Å². The van der Waals surface area contributed by atoms with Crippen molar-refractivity contribution in [2.75, 3.05) is 14.2 Å². The van der Waals surface area contributed by atoms with Crippen LogP contribution in [0, 0.1) is 0 Å². The minimum atomic E-state index is 0.577. The number of ether oxygens (including phenoxy) is 1. The van der Waals surface area contributed by atoms with Crippen LogP contribution < -0.4 is 10.1 Å². The van der Waals surface area contributed by atoms with E-state index < -0.39 is 0 Å². The first-order chi connectivity index (χ1) is 10.7. The van der Waals surface area contributed by atoms with Crippen molar-refractivity contribution in [3.05, 3.63) is 65.7 Å². The van der Waals surface area contributed by atoms with Gasteiger partial charge in [0.05, 0.1) is 13.3 Å². The van der Waals surface area contributed by atoms with Gasteiger partial charge in [-0.15, -0.1) is 0 Å². The van der Waals surface area contributed by atoms with Gasteiger partial charge in [0, 0.05) is 13.6 Å². The number of thiocarbonyl (C=S) groups is 1. The third-order valence-corrected chi connectivity index (χ3v) is 3.48. The van der Waals surface area contributed by atoms with Crippen molar-refractivity contribution in [3.63, 3.8) is 0 Å². The highest BCUT2D eigenvalue weighted by molar-refractivity contribution is 7.80. The molecule has 1 N–H and O–H groups in total. The summed E-state index contributed by atoms with van der Waals surface area (Å²) < 4.78 is 5.12. The van der Waals surface area contributed by atoms with Crippen molar-refractivity contribution in [3.8, 4) is 5.75 Å². The van der Waals surface area contributed by atoms with Crippen LogP contribution in [0.5, 0.6) is 5.75 Å². The molecule has 0 aliphatic carbocycles. The molecule has 0 bridgehead atoms. The first-order valence-electron chi connectivity index (χ1n) is 6.92. The van der Waals surface area contributed by atoms with E-state index in [1.807, 2.05) is 49.5 Å². The molecule has 0 atom stereocenters. The van der Waals surface area contributed by atoms with Gasteiger partial charge < -0.3 is 10.1 Å². The van der Waals surface area contributed by atoms with Crippen LogP contribution in [0.1, 0.15) is 11.1 Å². The Balaban J connectivity index is 1.86. The van der Waals surface area contributed by atoms with Gasteiger partial charge in [0.1, 0.15) is 5.75 Å². The van der Waals surface area contributed by atoms with Crippen LogP contribution in [0.4, 0.5) is 0 Å². The van der Waals surface area contributed by atoms with Crippen LogP contribution >= 0.6 is 12.2 Å². The monoisotopic (exact) mass is 313 g/mol. The van der Waals surface area contributed by atoms with Crippen LogP contribution in [0.25, 0.3) is 0 Å². The summed E-state index contributed by atoms with van der Waals surface area (Å²) in [4.78, 5) is 0. The van der Waals surface area contributed by atoms with Gasteiger partial charge in [-0.05, 0) is 47.6 Å². The van der Waals surface area contributed by atoms with Gasteiger partial charge in [-0.1, -0.05) is 30.3 Å². The van der Waals surface area contributed by atoms with Gasteiger partial charge in [0.15, 0.2) is 5.11 Å². The molecule has 0 fully saturated rings. The molecule has 0 aliphatic rings. The molecule has 0 radical (unpaired) electrons. The van der Waals surface area contributed by atoms with Crippen molar-refractivity contribution in [2.24, 2.45) is 5.10 Å². The minimum Gasteiger partial charge on any atom is -0.497 e. The van der Waals surface area contributed by atoms with Crippen LogP contribution in [0.15, 0.2) is 59.7 Å². The minimum absolute atomic E-state index is 0.577. The molecule has 0 amide bonds. The lowest BCUT2D eigenvalue weighted by molar-refractivity contribution is 0.415. The molecule has 114 valence electrons. The fourth-order valence-electron chi connectivity index (χ4n) is 1.78. The summed E-state index contributed by atoms with van der Waals surface area (Å²) in [6, 6.07) is 17.8. The van der Waals surface area contributed by atoms with Crippen molar-refractivity contribution >= 4 is 23.5 Å².